The van der Waals surface area contributed by atoms with Crippen LogP contribution in [0.4, 0.5) is 5.69 Å². The minimum Gasteiger partial charge on any atom is -0.496 e. The number of nitrogens with zero attached hydrogens (tertiary/aromatic N) is 2. The molecule has 0 bridgehead atoms. The van der Waals surface area contributed by atoms with Crippen LogP contribution < -0.4 is 19.6 Å². The summed E-state index contributed by atoms with van der Waals surface area (Å²) in [5, 5.41) is 14.9. The predicted molar refractivity (Wildman–Crippen MR) is 87.3 cm³/mol. The van der Waals surface area contributed by atoms with Gasteiger partial charge < -0.3 is 14.2 Å². The van der Waals surface area contributed by atoms with Gasteiger partial charge in [-0.25, -0.2) is 5.43 Å². The standard InChI is InChI=1S/C16H13N3O6/c1-23-13-5-3-2-4-11(13)16(20)18-17-8-10-6-14-15(25-9-24-14)7-12(10)19(21)22/h2-8H,9H2,1H3,(H,18,20). The molecule has 1 aliphatic rings. The Morgan fingerprint density at radius 2 is 2.04 bits per heavy atom. The Kier molecular flexibility index (Phi) is 4.46. The summed E-state index contributed by atoms with van der Waals surface area (Å²) in [5.74, 6) is 0.561. The normalized spacial score (nSPS) is 12.2. The number of nitro groups is 1. The first-order valence-corrected chi connectivity index (χ1v) is 7.14. The first-order valence-electron chi connectivity index (χ1n) is 7.14. The molecule has 0 aliphatic carbocycles. The zero-order chi connectivity index (χ0) is 17.8. The average Bonchev–Trinajstić information content (AvgIpc) is 3.08. The maximum absolute atomic E-state index is 12.1. The number of benzene rings is 2. The quantitative estimate of drug-likeness (QED) is 0.505. The second-order valence-electron chi connectivity index (χ2n) is 4.92. The second-order valence-corrected chi connectivity index (χ2v) is 4.92. The van der Waals surface area contributed by atoms with Gasteiger partial charge >= 0.3 is 0 Å². The van der Waals surface area contributed by atoms with Crippen LogP contribution in [0.15, 0.2) is 41.5 Å². The summed E-state index contributed by atoms with van der Waals surface area (Å²) in [6.45, 7) is -0.00236. The fraction of sp³-hybridized carbons (Fsp3) is 0.125. The lowest BCUT2D eigenvalue weighted by Crippen LogP contribution is -2.18. The summed E-state index contributed by atoms with van der Waals surface area (Å²) in [6.07, 6.45) is 1.17. The van der Waals surface area contributed by atoms with Gasteiger partial charge in [0.05, 0.1) is 35.4 Å². The molecule has 9 nitrogen and oxygen atoms in total. The number of hydrogen-bond donors (Lipinski definition) is 1. The van der Waals surface area contributed by atoms with Gasteiger partial charge in [0.15, 0.2) is 11.5 Å². The number of carbonyl (C=O) groups is 1. The molecule has 2 aromatic rings. The van der Waals surface area contributed by atoms with Gasteiger partial charge in [-0.3, -0.25) is 14.9 Å². The van der Waals surface area contributed by atoms with Gasteiger partial charge in [-0.2, -0.15) is 5.10 Å². The van der Waals surface area contributed by atoms with Crippen LogP contribution in [0.1, 0.15) is 15.9 Å². The van der Waals surface area contributed by atoms with Gasteiger partial charge in [-0.15, -0.1) is 0 Å². The number of rotatable bonds is 5. The van der Waals surface area contributed by atoms with Gasteiger partial charge in [-0.05, 0) is 18.2 Å². The fourth-order valence-electron chi connectivity index (χ4n) is 2.26. The molecule has 0 spiro atoms. The molecular formula is C16H13N3O6. The van der Waals surface area contributed by atoms with Gasteiger partial charge in [-0.1, -0.05) is 12.1 Å². The number of carbonyl (C=O) groups excluding carboxylic acids is 1. The lowest BCUT2D eigenvalue weighted by atomic mass is 10.1. The molecular weight excluding hydrogens is 330 g/mol. The van der Waals surface area contributed by atoms with Crippen molar-refractivity contribution in [1.29, 1.82) is 0 Å². The van der Waals surface area contributed by atoms with Gasteiger partial charge in [0.2, 0.25) is 6.79 Å². The molecule has 1 amide bonds. The van der Waals surface area contributed by atoms with Crippen molar-refractivity contribution >= 4 is 17.8 Å². The minimum atomic E-state index is -0.564. The molecule has 25 heavy (non-hydrogen) atoms. The monoisotopic (exact) mass is 343 g/mol. The van der Waals surface area contributed by atoms with Crippen molar-refractivity contribution in [2.45, 2.75) is 0 Å². The number of nitro benzene ring substituents is 1. The number of ether oxygens (including phenoxy) is 3. The zero-order valence-electron chi connectivity index (χ0n) is 13.1. The predicted octanol–water partition coefficient (Wildman–Crippen LogP) is 2.10. The Balaban J connectivity index is 1.80. The van der Waals surface area contributed by atoms with E-state index >= 15 is 0 Å². The zero-order valence-corrected chi connectivity index (χ0v) is 13.1. The fourth-order valence-corrected chi connectivity index (χ4v) is 2.26. The molecule has 0 unspecified atom stereocenters. The van der Waals surface area contributed by atoms with E-state index in [0.29, 0.717) is 22.8 Å². The smallest absolute Gasteiger partial charge is 0.282 e. The highest BCUT2D eigenvalue weighted by atomic mass is 16.7. The summed E-state index contributed by atoms with van der Waals surface area (Å²) in [4.78, 5) is 22.7. The summed E-state index contributed by atoms with van der Waals surface area (Å²) < 4.78 is 15.4. The molecule has 1 N–H and O–H groups in total. The van der Waals surface area contributed by atoms with Crippen LogP contribution >= 0.6 is 0 Å². The summed E-state index contributed by atoms with van der Waals surface area (Å²) in [5.41, 5.74) is 2.57. The van der Waals surface area contributed by atoms with Crippen molar-refractivity contribution in [2.24, 2.45) is 5.10 Å². The maximum atomic E-state index is 12.1. The summed E-state index contributed by atoms with van der Waals surface area (Å²) in [6, 6.07) is 9.32. The SMILES string of the molecule is COc1ccccc1C(=O)NN=Cc1cc2c(cc1[N+](=O)[O-])OCO2. The van der Waals surface area contributed by atoms with Crippen LogP contribution in [0.3, 0.4) is 0 Å². The molecule has 9 heteroatoms. The molecule has 0 saturated heterocycles. The van der Waals surface area contributed by atoms with Crippen LogP contribution in [0.25, 0.3) is 0 Å². The van der Waals surface area contributed by atoms with Crippen molar-refractivity contribution in [3.05, 3.63) is 57.6 Å². The molecule has 128 valence electrons. The maximum Gasteiger partial charge on any atom is 0.282 e. The van der Waals surface area contributed by atoms with E-state index in [1.54, 1.807) is 24.3 Å². The van der Waals surface area contributed by atoms with E-state index in [2.05, 4.69) is 10.5 Å². The first-order chi connectivity index (χ1) is 12.1. The highest BCUT2D eigenvalue weighted by Crippen LogP contribution is 2.37. The number of hydrazone groups is 1. The summed E-state index contributed by atoms with van der Waals surface area (Å²) >= 11 is 0. The number of methoxy groups -OCH3 is 1. The van der Waals surface area contributed by atoms with E-state index in [-0.39, 0.29) is 18.0 Å². The van der Waals surface area contributed by atoms with Gasteiger partial charge in [0, 0.05) is 0 Å². The molecule has 0 aromatic heterocycles. The van der Waals surface area contributed by atoms with Crippen LogP contribution in [0.5, 0.6) is 17.2 Å². The number of amides is 1. The largest absolute Gasteiger partial charge is 0.496 e. The van der Waals surface area contributed by atoms with Crippen LogP contribution in [0, 0.1) is 10.1 Å². The van der Waals surface area contributed by atoms with E-state index < -0.39 is 10.8 Å². The van der Waals surface area contributed by atoms with Crippen LogP contribution in [0.2, 0.25) is 0 Å². The average molecular weight is 343 g/mol. The van der Waals surface area contributed by atoms with Crippen molar-refractivity contribution < 1.29 is 23.9 Å². The minimum absolute atomic E-state index is 0.00236. The third-order valence-corrected chi connectivity index (χ3v) is 3.44. The number of nitrogens with one attached hydrogen (secondary N) is 1. The van der Waals surface area contributed by atoms with E-state index in [1.165, 1.54) is 25.5 Å². The van der Waals surface area contributed by atoms with Crippen molar-refractivity contribution in [3.63, 3.8) is 0 Å². The topological polar surface area (TPSA) is 112 Å². The number of fused-ring (bicyclic) bond motifs is 1. The third-order valence-electron chi connectivity index (χ3n) is 3.44. The second kappa shape index (κ2) is 6.87. The molecule has 2 aromatic carbocycles. The van der Waals surface area contributed by atoms with E-state index in [4.69, 9.17) is 14.2 Å². The molecule has 0 fully saturated rings. The van der Waals surface area contributed by atoms with E-state index in [0.717, 1.165) is 0 Å². The Morgan fingerprint density at radius 1 is 1.32 bits per heavy atom. The molecule has 1 aliphatic heterocycles. The Labute approximate surface area is 142 Å². The third kappa shape index (κ3) is 3.34. The van der Waals surface area contributed by atoms with E-state index in [9.17, 15) is 14.9 Å². The van der Waals surface area contributed by atoms with Crippen molar-refractivity contribution in [2.75, 3.05) is 13.9 Å². The van der Waals surface area contributed by atoms with Gasteiger partial charge in [0.25, 0.3) is 11.6 Å². The Morgan fingerprint density at radius 3 is 2.76 bits per heavy atom. The van der Waals surface area contributed by atoms with Crippen molar-refractivity contribution in [3.8, 4) is 17.2 Å². The Bertz CT molecular complexity index is 865. The molecule has 0 radical (unpaired) electrons. The number of para-hydroxylation sites is 1. The van der Waals surface area contributed by atoms with E-state index in [1.807, 2.05) is 0 Å². The van der Waals surface area contributed by atoms with Gasteiger partial charge in [0.1, 0.15) is 5.75 Å². The lowest BCUT2D eigenvalue weighted by molar-refractivity contribution is -0.385. The first kappa shape index (κ1) is 16.2. The Hall–Kier alpha value is -3.62. The van der Waals surface area contributed by atoms with Crippen LogP contribution in [-0.2, 0) is 0 Å². The van der Waals surface area contributed by atoms with Crippen molar-refractivity contribution in [1.82, 2.24) is 5.43 Å². The molecule has 0 atom stereocenters. The highest BCUT2D eigenvalue weighted by Gasteiger charge is 2.22. The highest BCUT2D eigenvalue weighted by molar-refractivity contribution is 5.97. The van der Waals surface area contributed by atoms with Crippen LogP contribution in [-0.4, -0.2) is 30.9 Å². The molecule has 1 heterocycles. The molecule has 0 saturated carbocycles. The lowest BCUT2D eigenvalue weighted by Gasteiger charge is -2.06. The summed E-state index contributed by atoms with van der Waals surface area (Å²) in [7, 11) is 1.45. The number of hydrogen-bond acceptors (Lipinski definition) is 7. The molecule has 3 rings (SSSR count).